The monoisotopic (exact) mass is 604 g/mol. The molecule has 0 aliphatic carbocycles. The fourth-order valence-corrected chi connectivity index (χ4v) is 3.95. The highest BCUT2D eigenvalue weighted by Crippen LogP contribution is 2.19. The summed E-state index contributed by atoms with van der Waals surface area (Å²) in [6.07, 6.45) is 0.593. The van der Waals surface area contributed by atoms with Gasteiger partial charge in [-0.2, -0.15) is 4.99 Å². The first-order valence-electron chi connectivity index (χ1n) is 14.0. The summed E-state index contributed by atoms with van der Waals surface area (Å²) < 4.78 is 14.4. The van der Waals surface area contributed by atoms with Crippen molar-refractivity contribution in [1.82, 2.24) is 4.98 Å². The molecule has 0 aliphatic rings. The second-order valence-corrected chi connectivity index (χ2v) is 9.25. The number of aliphatic imine (C=N–C) groups is 1. The third-order valence-electron chi connectivity index (χ3n) is 6.11. The standard InChI is InChI=1S/C31H36N6O7/c1-3-42-27(38)15-17-37(26-10-5-6-16-34-26)30(40)23-9-7-8-22(18-23)25(32)19-35-24-13-11-21(12-14-24)29(33)36-31(41)44-20-28(39)43-4-2/h5-14,16,18,25,35H,3-4,15,17,19-20,32H2,1-2H3,(H2,33,36,41). The smallest absolute Gasteiger partial charge is 0.436 e. The molecule has 13 nitrogen and oxygen atoms in total. The van der Waals surface area contributed by atoms with E-state index in [1.54, 1.807) is 80.7 Å². The van der Waals surface area contributed by atoms with Crippen molar-refractivity contribution in [2.75, 3.05) is 43.1 Å². The van der Waals surface area contributed by atoms with Crippen LogP contribution >= 0.6 is 0 Å². The normalized spacial score (nSPS) is 11.7. The van der Waals surface area contributed by atoms with Gasteiger partial charge < -0.3 is 31.0 Å². The summed E-state index contributed by atoms with van der Waals surface area (Å²) in [6.45, 7) is 3.68. The molecule has 232 valence electrons. The number of benzene rings is 2. The van der Waals surface area contributed by atoms with E-state index in [1.807, 2.05) is 6.07 Å². The van der Waals surface area contributed by atoms with Gasteiger partial charge in [-0.05, 0) is 67.9 Å². The average Bonchev–Trinajstić information content (AvgIpc) is 3.03. The number of rotatable bonds is 14. The number of carbonyl (C=O) groups is 4. The SMILES string of the molecule is CCOC(=O)CCN(C(=O)c1cccc(C(N)CNc2ccc(/C(N)=N/C(=O)OCC(=O)OCC)cc2)c1)c1ccccn1. The zero-order chi connectivity index (χ0) is 31.9. The second kappa shape index (κ2) is 17.0. The van der Waals surface area contributed by atoms with Crippen LogP contribution in [0.5, 0.6) is 0 Å². The first-order valence-corrected chi connectivity index (χ1v) is 14.0. The number of nitrogens with two attached hydrogens (primary N) is 2. The Morgan fingerprint density at radius 1 is 0.909 bits per heavy atom. The Morgan fingerprint density at radius 3 is 2.32 bits per heavy atom. The van der Waals surface area contributed by atoms with Crippen LogP contribution in [0.15, 0.2) is 77.9 Å². The summed E-state index contributed by atoms with van der Waals surface area (Å²) in [5.41, 5.74) is 14.7. The second-order valence-electron chi connectivity index (χ2n) is 9.25. The molecule has 3 rings (SSSR count). The predicted octanol–water partition coefficient (Wildman–Crippen LogP) is 3.20. The van der Waals surface area contributed by atoms with Crippen molar-refractivity contribution in [2.24, 2.45) is 16.5 Å². The van der Waals surface area contributed by atoms with Crippen LogP contribution in [0.2, 0.25) is 0 Å². The quantitative estimate of drug-likeness (QED) is 0.106. The number of carbonyl (C=O) groups excluding carboxylic acids is 4. The van der Waals surface area contributed by atoms with E-state index in [0.29, 0.717) is 23.5 Å². The first-order chi connectivity index (χ1) is 21.2. The Kier molecular flexibility index (Phi) is 12.8. The summed E-state index contributed by atoms with van der Waals surface area (Å²) >= 11 is 0. The first kappa shape index (κ1) is 33.2. The lowest BCUT2D eigenvalue weighted by molar-refractivity contribution is -0.146. The molecule has 44 heavy (non-hydrogen) atoms. The summed E-state index contributed by atoms with van der Waals surface area (Å²) in [5, 5.41) is 3.23. The van der Waals surface area contributed by atoms with Crippen LogP contribution < -0.4 is 21.7 Å². The van der Waals surface area contributed by atoms with Gasteiger partial charge in [-0.3, -0.25) is 14.5 Å². The highest BCUT2D eigenvalue weighted by atomic mass is 16.6. The minimum atomic E-state index is -1.01. The van der Waals surface area contributed by atoms with Crippen LogP contribution in [0.3, 0.4) is 0 Å². The molecule has 2 aromatic carbocycles. The molecular weight excluding hydrogens is 568 g/mol. The van der Waals surface area contributed by atoms with Crippen molar-refractivity contribution in [3.05, 3.63) is 89.6 Å². The van der Waals surface area contributed by atoms with Gasteiger partial charge in [-0.1, -0.05) is 18.2 Å². The lowest BCUT2D eigenvalue weighted by atomic mass is 10.0. The van der Waals surface area contributed by atoms with E-state index in [-0.39, 0.29) is 37.9 Å². The Balaban J connectivity index is 1.62. The summed E-state index contributed by atoms with van der Waals surface area (Å²) in [6, 6.07) is 18.5. The molecule has 1 atom stereocenters. The lowest BCUT2D eigenvalue weighted by Gasteiger charge is -2.22. The Bertz CT molecular complexity index is 1450. The summed E-state index contributed by atoms with van der Waals surface area (Å²) in [5.74, 6) is -1.07. The van der Waals surface area contributed by atoms with Crippen LogP contribution in [-0.4, -0.2) is 67.7 Å². The van der Waals surface area contributed by atoms with Gasteiger partial charge in [0.25, 0.3) is 5.91 Å². The predicted molar refractivity (Wildman–Crippen MR) is 164 cm³/mol. The van der Waals surface area contributed by atoms with Crippen LogP contribution in [0.4, 0.5) is 16.3 Å². The molecule has 0 radical (unpaired) electrons. The number of pyridine rings is 1. The third-order valence-corrected chi connectivity index (χ3v) is 6.11. The number of nitrogens with zero attached hydrogens (tertiary/aromatic N) is 3. The van der Waals surface area contributed by atoms with Crippen molar-refractivity contribution in [3.63, 3.8) is 0 Å². The average molecular weight is 605 g/mol. The van der Waals surface area contributed by atoms with Crippen molar-refractivity contribution in [2.45, 2.75) is 26.3 Å². The molecule has 3 aromatic rings. The molecule has 0 bridgehead atoms. The van der Waals surface area contributed by atoms with Crippen molar-refractivity contribution >= 4 is 41.3 Å². The van der Waals surface area contributed by atoms with Gasteiger partial charge in [0.15, 0.2) is 6.61 Å². The van der Waals surface area contributed by atoms with E-state index in [2.05, 4.69) is 20.0 Å². The molecule has 0 saturated heterocycles. The van der Waals surface area contributed by atoms with E-state index in [0.717, 1.165) is 11.3 Å². The zero-order valence-corrected chi connectivity index (χ0v) is 24.6. The van der Waals surface area contributed by atoms with Crippen molar-refractivity contribution < 1.29 is 33.4 Å². The molecule has 1 unspecified atom stereocenters. The Hall–Kier alpha value is -5.30. The topological polar surface area (TPSA) is 189 Å². The van der Waals surface area contributed by atoms with E-state index in [9.17, 15) is 19.2 Å². The molecule has 13 heteroatoms. The Morgan fingerprint density at radius 2 is 1.64 bits per heavy atom. The molecule has 1 heterocycles. The van der Waals surface area contributed by atoms with Gasteiger partial charge in [-0.25, -0.2) is 14.6 Å². The number of amidine groups is 1. The number of nitrogens with one attached hydrogen (secondary N) is 1. The van der Waals surface area contributed by atoms with E-state index < -0.39 is 30.7 Å². The molecule has 2 amide bonds. The molecule has 5 N–H and O–H groups in total. The van der Waals surface area contributed by atoms with Gasteiger partial charge in [0.2, 0.25) is 0 Å². The van der Waals surface area contributed by atoms with Crippen LogP contribution in [0, 0.1) is 0 Å². The van der Waals surface area contributed by atoms with E-state index in [4.69, 9.17) is 20.9 Å². The molecular formula is C31H36N6O7. The molecule has 0 saturated carbocycles. The number of ether oxygens (including phenoxy) is 3. The fourth-order valence-electron chi connectivity index (χ4n) is 3.95. The number of anilines is 2. The number of esters is 2. The molecule has 0 spiro atoms. The van der Waals surface area contributed by atoms with Gasteiger partial charge in [0, 0.05) is 42.1 Å². The maximum Gasteiger partial charge on any atom is 0.436 e. The minimum absolute atomic E-state index is 0.0230. The van der Waals surface area contributed by atoms with E-state index in [1.165, 1.54) is 4.90 Å². The number of hydrogen-bond acceptors (Lipinski definition) is 10. The molecule has 0 aliphatic heterocycles. The number of amides is 2. The van der Waals surface area contributed by atoms with Gasteiger partial charge in [0.1, 0.15) is 11.7 Å². The van der Waals surface area contributed by atoms with Crippen molar-refractivity contribution in [3.8, 4) is 0 Å². The maximum absolute atomic E-state index is 13.5. The van der Waals surface area contributed by atoms with Crippen LogP contribution in [0.1, 0.15) is 47.8 Å². The fraction of sp³-hybridized carbons (Fsp3) is 0.290. The van der Waals surface area contributed by atoms with Crippen molar-refractivity contribution in [1.29, 1.82) is 0 Å². The largest absolute Gasteiger partial charge is 0.466 e. The summed E-state index contributed by atoms with van der Waals surface area (Å²) in [7, 11) is 0. The van der Waals surface area contributed by atoms with E-state index >= 15 is 0 Å². The van der Waals surface area contributed by atoms with Crippen LogP contribution in [0.25, 0.3) is 0 Å². The summed E-state index contributed by atoms with van der Waals surface area (Å²) in [4.78, 5) is 58.0. The molecule has 0 fully saturated rings. The van der Waals surface area contributed by atoms with Gasteiger partial charge in [-0.15, -0.1) is 0 Å². The van der Waals surface area contributed by atoms with Gasteiger partial charge in [0.05, 0.1) is 19.6 Å². The molecule has 1 aromatic heterocycles. The number of aromatic nitrogens is 1. The highest BCUT2D eigenvalue weighted by Gasteiger charge is 2.21. The third kappa shape index (κ3) is 10.2. The maximum atomic E-state index is 13.5. The zero-order valence-electron chi connectivity index (χ0n) is 24.6. The minimum Gasteiger partial charge on any atom is -0.466 e. The van der Waals surface area contributed by atoms with Crippen LogP contribution in [-0.2, 0) is 23.8 Å². The highest BCUT2D eigenvalue weighted by molar-refractivity contribution is 6.06. The lowest BCUT2D eigenvalue weighted by Crippen LogP contribution is -2.34. The Labute approximate surface area is 255 Å². The number of hydrogen-bond donors (Lipinski definition) is 3. The van der Waals surface area contributed by atoms with Gasteiger partial charge >= 0.3 is 18.0 Å².